The maximum Gasteiger partial charge on any atom is 0.163 e. The van der Waals surface area contributed by atoms with Gasteiger partial charge in [0, 0.05) is 23.9 Å². The van der Waals surface area contributed by atoms with Crippen molar-refractivity contribution in [2.45, 2.75) is 33.6 Å². The van der Waals surface area contributed by atoms with Crippen molar-refractivity contribution in [2.24, 2.45) is 5.92 Å². The molecule has 0 N–H and O–H groups in total. The number of hydrogen-bond acceptors (Lipinski definition) is 2. The summed E-state index contributed by atoms with van der Waals surface area (Å²) in [6, 6.07) is 3.64. The van der Waals surface area contributed by atoms with Gasteiger partial charge in [0.1, 0.15) is 0 Å². The lowest BCUT2D eigenvalue weighted by Crippen LogP contribution is -2.05. The van der Waals surface area contributed by atoms with Crippen molar-refractivity contribution in [2.75, 3.05) is 0 Å². The Morgan fingerprint density at radius 1 is 1.57 bits per heavy atom. The molecule has 0 bridgehead atoms. The summed E-state index contributed by atoms with van der Waals surface area (Å²) in [6.45, 7) is 6.11. The number of Topliss-reactive ketones (excluding diaryl/α,β-unsaturated/α-hetero) is 1. The summed E-state index contributed by atoms with van der Waals surface area (Å²) in [7, 11) is 0. The second kappa shape index (κ2) is 4.89. The predicted octanol–water partition coefficient (Wildman–Crippen LogP) is 3.01. The van der Waals surface area contributed by atoms with Gasteiger partial charge in [-0.1, -0.05) is 20.3 Å². The number of aryl methyl sites for hydroxylation is 1. The first-order valence-corrected chi connectivity index (χ1v) is 5.09. The van der Waals surface area contributed by atoms with E-state index in [2.05, 4.69) is 18.8 Å². The fourth-order valence-corrected chi connectivity index (χ4v) is 1.30. The highest BCUT2D eigenvalue weighted by Crippen LogP contribution is 2.12. The summed E-state index contributed by atoms with van der Waals surface area (Å²) in [4.78, 5) is 15.8. The molecule has 0 saturated heterocycles. The molecule has 2 nitrogen and oxygen atoms in total. The fourth-order valence-electron chi connectivity index (χ4n) is 1.30. The van der Waals surface area contributed by atoms with Gasteiger partial charge in [0.05, 0.1) is 0 Å². The molecule has 1 unspecified atom stereocenters. The van der Waals surface area contributed by atoms with Crippen molar-refractivity contribution in [3.05, 3.63) is 29.6 Å². The molecule has 1 atom stereocenters. The summed E-state index contributed by atoms with van der Waals surface area (Å²) in [6.07, 6.45) is 3.38. The van der Waals surface area contributed by atoms with Crippen molar-refractivity contribution in [1.29, 1.82) is 0 Å². The smallest absolute Gasteiger partial charge is 0.163 e. The van der Waals surface area contributed by atoms with E-state index in [0.717, 1.165) is 17.7 Å². The van der Waals surface area contributed by atoms with Crippen LogP contribution in [0.3, 0.4) is 0 Å². The molecule has 1 heterocycles. The largest absolute Gasteiger partial charge is 0.294 e. The minimum atomic E-state index is 0.227. The molecular weight excluding hydrogens is 174 g/mol. The van der Waals surface area contributed by atoms with Gasteiger partial charge < -0.3 is 0 Å². The zero-order chi connectivity index (χ0) is 10.6. The second-order valence-electron chi connectivity index (χ2n) is 3.83. The minimum absolute atomic E-state index is 0.227. The van der Waals surface area contributed by atoms with E-state index >= 15 is 0 Å². The summed E-state index contributed by atoms with van der Waals surface area (Å²) >= 11 is 0. The summed E-state index contributed by atoms with van der Waals surface area (Å²) in [5.74, 6) is 0.695. The average Bonchev–Trinajstić information content (AvgIpc) is 2.17. The lowest BCUT2D eigenvalue weighted by Gasteiger charge is -2.07. The highest BCUT2D eigenvalue weighted by atomic mass is 16.1. The van der Waals surface area contributed by atoms with Gasteiger partial charge in [-0.05, 0) is 25.0 Å². The molecule has 0 radical (unpaired) electrons. The van der Waals surface area contributed by atoms with E-state index in [1.807, 2.05) is 13.0 Å². The zero-order valence-electron chi connectivity index (χ0n) is 9.08. The monoisotopic (exact) mass is 191 g/mol. The summed E-state index contributed by atoms with van der Waals surface area (Å²) in [5, 5.41) is 0. The minimum Gasteiger partial charge on any atom is -0.294 e. The van der Waals surface area contributed by atoms with Crippen LogP contribution in [0.15, 0.2) is 18.3 Å². The molecule has 0 fully saturated rings. The quantitative estimate of drug-likeness (QED) is 0.685. The Hall–Kier alpha value is -1.18. The number of pyridine rings is 1. The lowest BCUT2D eigenvalue weighted by molar-refractivity contribution is 0.0963. The van der Waals surface area contributed by atoms with Crippen LogP contribution < -0.4 is 0 Å². The van der Waals surface area contributed by atoms with E-state index in [1.54, 1.807) is 12.3 Å². The van der Waals surface area contributed by atoms with Crippen molar-refractivity contribution in [1.82, 2.24) is 4.98 Å². The third-order valence-corrected chi connectivity index (χ3v) is 2.45. The molecule has 14 heavy (non-hydrogen) atoms. The number of aromatic nitrogens is 1. The number of carbonyl (C=O) groups is 1. The van der Waals surface area contributed by atoms with E-state index < -0.39 is 0 Å². The van der Waals surface area contributed by atoms with Crippen LogP contribution in [0.4, 0.5) is 0 Å². The third-order valence-electron chi connectivity index (χ3n) is 2.45. The van der Waals surface area contributed by atoms with E-state index in [4.69, 9.17) is 0 Å². The Bertz CT molecular complexity index is 320. The number of carbonyl (C=O) groups excluding carboxylic acids is 1. The van der Waals surface area contributed by atoms with Gasteiger partial charge in [0.2, 0.25) is 0 Å². The van der Waals surface area contributed by atoms with Gasteiger partial charge in [-0.2, -0.15) is 0 Å². The first-order chi connectivity index (χ1) is 6.63. The van der Waals surface area contributed by atoms with Crippen LogP contribution in [0.1, 0.15) is 42.7 Å². The highest BCUT2D eigenvalue weighted by Gasteiger charge is 2.09. The molecular formula is C12H17NO. The van der Waals surface area contributed by atoms with E-state index in [1.165, 1.54) is 0 Å². The Labute approximate surface area is 85.4 Å². The second-order valence-corrected chi connectivity index (χ2v) is 3.83. The maximum atomic E-state index is 11.7. The molecule has 0 spiro atoms. The van der Waals surface area contributed by atoms with Crippen LogP contribution in [0.25, 0.3) is 0 Å². The molecule has 0 aliphatic carbocycles. The molecule has 76 valence electrons. The predicted molar refractivity (Wildman–Crippen MR) is 57.4 cm³/mol. The number of ketones is 1. The third kappa shape index (κ3) is 2.95. The molecule has 0 aromatic carbocycles. The van der Waals surface area contributed by atoms with E-state index in [9.17, 15) is 4.79 Å². The Morgan fingerprint density at radius 3 is 2.86 bits per heavy atom. The van der Waals surface area contributed by atoms with E-state index in [0.29, 0.717) is 12.3 Å². The first kappa shape index (κ1) is 10.9. The maximum absolute atomic E-state index is 11.7. The molecule has 0 aliphatic rings. The first-order valence-electron chi connectivity index (χ1n) is 5.09. The topological polar surface area (TPSA) is 30.0 Å². The van der Waals surface area contributed by atoms with Gasteiger partial charge >= 0.3 is 0 Å². The number of nitrogens with zero attached hydrogens (tertiary/aromatic N) is 1. The van der Waals surface area contributed by atoms with Crippen molar-refractivity contribution in [3.63, 3.8) is 0 Å². The SMILES string of the molecule is CCC(C)CC(=O)c1ccnc(C)c1. The molecule has 2 heteroatoms. The summed E-state index contributed by atoms with van der Waals surface area (Å²) in [5.41, 5.74) is 1.69. The lowest BCUT2D eigenvalue weighted by atomic mass is 9.98. The number of hydrogen-bond donors (Lipinski definition) is 0. The van der Waals surface area contributed by atoms with Crippen LogP contribution in [0, 0.1) is 12.8 Å². The molecule has 1 rings (SSSR count). The Kier molecular flexibility index (Phi) is 3.81. The fraction of sp³-hybridized carbons (Fsp3) is 0.500. The van der Waals surface area contributed by atoms with Crippen molar-refractivity contribution < 1.29 is 4.79 Å². The van der Waals surface area contributed by atoms with Crippen LogP contribution >= 0.6 is 0 Å². The van der Waals surface area contributed by atoms with Crippen LogP contribution in [0.2, 0.25) is 0 Å². The van der Waals surface area contributed by atoms with Crippen LogP contribution in [-0.2, 0) is 0 Å². The molecule has 0 saturated carbocycles. The highest BCUT2D eigenvalue weighted by molar-refractivity contribution is 5.96. The molecule has 0 amide bonds. The van der Waals surface area contributed by atoms with Gasteiger partial charge in [0.25, 0.3) is 0 Å². The van der Waals surface area contributed by atoms with Gasteiger partial charge in [0.15, 0.2) is 5.78 Å². The van der Waals surface area contributed by atoms with Crippen LogP contribution in [0.5, 0.6) is 0 Å². The van der Waals surface area contributed by atoms with Gasteiger partial charge in [-0.3, -0.25) is 9.78 Å². The summed E-state index contributed by atoms with van der Waals surface area (Å²) < 4.78 is 0. The normalized spacial score (nSPS) is 12.5. The Morgan fingerprint density at radius 2 is 2.29 bits per heavy atom. The number of rotatable bonds is 4. The molecule has 1 aromatic heterocycles. The van der Waals surface area contributed by atoms with Crippen molar-refractivity contribution >= 4 is 5.78 Å². The average molecular weight is 191 g/mol. The van der Waals surface area contributed by atoms with Crippen molar-refractivity contribution in [3.8, 4) is 0 Å². The van der Waals surface area contributed by atoms with Gasteiger partial charge in [-0.15, -0.1) is 0 Å². The molecule has 0 aliphatic heterocycles. The zero-order valence-corrected chi connectivity index (χ0v) is 9.08. The van der Waals surface area contributed by atoms with Gasteiger partial charge in [-0.25, -0.2) is 0 Å². The standard InChI is InChI=1S/C12H17NO/c1-4-9(2)7-12(14)11-5-6-13-10(3)8-11/h5-6,8-9H,4,7H2,1-3H3. The Balaban J connectivity index is 2.70. The van der Waals surface area contributed by atoms with E-state index in [-0.39, 0.29) is 5.78 Å². The molecule has 1 aromatic rings. The van der Waals surface area contributed by atoms with Crippen LogP contribution in [-0.4, -0.2) is 10.8 Å².